The summed E-state index contributed by atoms with van der Waals surface area (Å²) in [4.78, 5) is 33.6. The Bertz CT molecular complexity index is 1080. The Morgan fingerprint density at radius 1 is 0.724 bits per heavy atom. The predicted molar refractivity (Wildman–Crippen MR) is 107 cm³/mol. The van der Waals surface area contributed by atoms with Crippen LogP contribution < -0.4 is 5.43 Å². The number of rotatable bonds is 7. The summed E-state index contributed by atoms with van der Waals surface area (Å²) in [7, 11) is 0. The molecule has 1 N–H and O–H groups in total. The number of nitro benzene ring substituents is 2. The van der Waals surface area contributed by atoms with Gasteiger partial charge in [0.25, 0.3) is 11.4 Å². The minimum atomic E-state index is -0.559. The summed E-state index contributed by atoms with van der Waals surface area (Å²) in [6.45, 7) is 0. The molecule has 3 aromatic rings. The van der Waals surface area contributed by atoms with Crippen molar-refractivity contribution in [1.29, 1.82) is 0 Å². The Morgan fingerprint density at radius 2 is 1.21 bits per heavy atom. The van der Waals surface area contributed by atoms with Crippen molar-refractivity contribution in [2.75, 3.05) is 5.43 Å². The van der Waals surface area contributed by atoms with Crippen LogP contribution in [0.4, 0.5) is 17.1 Å². The molecule has 0 fully saturated rings. The molecule has 0 aliphatic heterocycles. The highest BCUT2D eigenvalue weighted by atomic mass is 16.6. The molecule has 9 heteroatoms. The fourth-order valence-electron chi connectivity index (χ4n) is 2.49. The van der Waals surface area contributed by atoms with Crippen LogP contribution in [0.25, 0.3) is 0 Å². The molecule has 3 aromatic carbocycles. The van der Waals surface area contributed by atoms with Gasteiger partial charge in [0.1, 0.15) is 5.71 Å². The molecule has 0 aromatic heterocycles. The van der Waals surface area contributed by atoms with Crippen molar-refractivity contribution < 1.29 is 14.6 Å². The number of hydrogen-bond donors (Lipinski definition) is 1. The van der Waals surface area contributed by atoms with Gasteiger partial charge in [0.15, 0.2) is 0 Å². The van der Waals surface area contributed by atoms with Gasteiger partial charge in [0.05, 0.1) is 15.5 Å². The normalized spacial score (nSPS) is 11.0. The third-order valence-corrected chi connectivity index (χ3v) is 3.98. The van der Waals surface area contributed by atoms with E-state index >= 15 is 0 Å². The third kappa shape index (κ3) is 4.66. The van der Waals surface area contributed by atoms with E-state index in [1.807, 2.05) is 6.07 Å². The van der Waals surface area contributed by atoms with Crippen LogP contribution in [0.15, 0.2) is 84.0 Å². The first-order chi connectivity index (χ1) is 14.0. The van der Waals surface area contributed by atoms with Gasteiger partial charge in [-0.25, -0.2) is 0 Å². The van der Waals surface area contributed by atoms with Crippen molar-refractivity contribution in [3.05, 3.63) is 110 Å². The van der Waals surface area contributed by atoms with Crippen molar-refractivity contribution in [2.45, 2.75) is 0 Å². The minimum Gasteiger partial charge on any atom is -0.287 e. The standard InChI is InChI=1S/C20H14N4O5/c25-20(15-8-12-18(13-9-15)24(28)29)19(22-21-16-4-2-1-3-5-16)14-6-10-17(11-7-14)23(26)27/h1-13,21H/b22-19-. The molecule has 0 unspecified atom stereocenters. The van der Waals surface area contributed by atoms with Crippen LogP contribution in [0.5, 0.6) is 0 Å². The Morgan fingerprint density at radius 3 is 1.69 bits per heavy atom. The highest BCUT2D eigenvalue weighted by Crippen LogP contribution is 2.18. The molecule has 0 spiro atoms. The van der Waals surface area contributed by atoms with Crippen LogP contribution in [0, 0.1) is 20.2 Å². The summed E-state index contributed by atoms with van der Waals surface area (Å²) < 4.78 is 0. The molecule has 29 heavy (non-hydrogen) atoms. The molecule has 0 atom stereocenters. The molecule has 144 valence electrons. The summed E-state index contributed by atoms with van der Waals surface area (Å²) in [5.41, 5.74) is 3.74. The topological polar surface area (TPSA) is 128 Å². The first-order valence-electron chi connectivity index (χ1n) is 8.38. The zero-order valence-electron chi connectivity index (χ0n) is 14.9. The number of nitrogens with one attached hydrogen (secondary N) is 1. The maximum Gasteiger partial charge on any atom is 0.269 e. The first kappa shape index (κ1) is 19.4. The van der Waals surface area contributed by atoms with E-state index in [9.17, 15) is 25.0 Å². The summed E-state index contributed by atoms with van der Waals surface area (Å²) >= 11 is 0. The Kier molecular flexibility index (Phi) is 5.69. The van der Waals surface area contributed by atoms with Gasteiger partial charge in [0, 0.05) is 35.4 Å². The highest BCUT2D eigenvalue weighted by Gasteiger charge is 2.19. The van der Waals surface area contributed by atoms with Crippen molar-refractivity contribution in [2.24, 2.45) is 5.10 Å². The van der Waals surface area contributed by atoms with Crippen LogP contribution in [0.1, 0.15) is 15.9 Å². The lowest BCUT2D eigenvalue weighted by Crippen LogP contribution is -2.18. The molecule has 0 aliphatic carbocycles. The molecule has 0 heterocycles. The van der Waals surface area contributed by atoms with E-state index in [-0.39, 0.29) is 22.6 Å². The number of para-hydroxylation sites is 1. The first-order valence-corrected chi connectivity index (χ1v) is 8.38. The zero-order chi connectivity index (χ0) is 20.8. The lowest BCUT2D eigenvalue weighted by molar-refractivity contribution is -0.385. The van der Waals surface area contributed by atoms with Crippen molar-refractivity contribution in [3.8, 4) is 0 Å². The Hall–Kier alpha value is -4.40. The van der Waals surface area contributed by atoms with E-state index in [1.165, 1.54) is 48.5 Å². The van der Waals surface area contributed by atoms with Gasteiger partial charge in [-0.15, -0.1) is 0 Å². The van der Waals surface area contributed by atoms with Crippen LogP contribution >= 0.6 is 0 Å². The molecule has 0 amide bonds. The summed E-state index contributed by atoms with van der Waals surface area (Å²) in [6.07, 6.45) is 0. The number of nitrogens with zero attached hydrogens (tertiary/aromatic N) is 3. The molecule has 0 bridgehead atoms. The third-order valence-electron chi connectivity index (χ3n) is 3.98. The maximum atomic E-state index is 13.0. The molecule has 9 nitrogen and oxygen atoms in total. The second-order valence-corrected chi connectivity index (χ2v) is 5.88. The highest BCUT2D eigenvalue weighted by molar-refractivity contribution is 6.51. The van der Waals surface area contributed by atoms with E-state index in [1.54, 1.807) is 24.3 Å². The zero-order valence-corrected chi connectivity index (χ0v) is 14.9. The number of hydrogen-bond acceptors (Lipinski definition) is 7. The van der Waals surface area contributed by atoms with Crippen molar-refractivity contribution >= 4 is 28.6 Å². The van der Waals surface area contributed by atoms with E-state index in [2.05, 4.69) is 10.5 Å². The number of Topliss-reactive ketones (excluding diaryl/α,β-unsaturated/α-hetero) is 1. The number of carbonyl (C=O) groups excluding carboxylic acids is 1. The predicted octanol–water partition coefficient (Wildman–Crippen LogP) is 4.20. The second kappa shape index (κ2) is 8.53. The van der Waals surface area contributed by atoms with Crippen LogP contribution in [0.3, 0.4) is 0 Å². The van der Waals surface area contributed by atoms with Gasteiger partial charge in [-0.3, -0.25) is 30.4 Å². The molecule has 0 saturated carbocycles. The number of non-ortho nitro benzene ring substituents is 2. The fourth-order valence-corrected chi connectivity index (χ4v) is 2.49. The van der Waals surface area contributed by atoms with Gasteiger partial charge >= 0.3 is 0 Å². The summed E-state index contributed by atoms with van der Waals surface area (Å²) in [5.74, 6) is -0.489. The second-order valence-electron chi connectivity index (χ2n) is 5.88. The Balaban J connectivity index is 1.98. The smallest absolute Gasteiger partial charge is 0.269 e. The number of anilines is 1. The number of nitro groups is 2. The van der Waals surface area contributed by atoms with E-state index in [0.29, 0.717) is 11.3 Å². The lowest BCUT2D eigenvalue weighted by atomic mass is 10.0. The van der Waals surface area contributed by atoms with Crippen LogP contribution in [-0.2, 0) is 0 Å². The van der Waals surface area contributed by atoms with Gasteiger partial charge in [-0.1, -0.05) is 18.2 Å². The van der Waals surface area contributed by atoms with Gasteiger partial charge in [-0.2, -0.15) is 5.10 Å². The lowest BCUT2D eigenvalue weighted by Gasteiger charge is -2.08. The minimum absolute atomic E-state index is 0.0117. The molecular weight excluding hydrogens is 376 g/mol. The van der Waals surface area contributed by atoms with E-state index < -0.39 is 15.6 Å². The van der Waals surface area contributed by atoms with Crippen LogP contribution in [-0.4, -0.2) is 21.3 Å². The van der Waals surface area contributed by atoms with Gasteiger partial charge in [0.2, 0.25) is 5.78 Å². The average Bonchev–Trinajstić information content (AvgIpc) is 2.75. The van der Waals surface area contributed by atoms with E-state index in [0.717, 1.165) is 0 Å². The number of hydrazone groups is 1. The summed E-state index contributed by atoms with van der Waals surface area (Å²) in [6, 6.07) is 19.5. The molecule has 0 saturated heterocycles. The monoisotopic (exact) mass is 390 g/mol. The molecular formula is C20H14N4O5. The molecule has 0 aliphatic rings. The number of benzene rings is 3. The summed E-state index contributed by atoms with van der Waals surface area (Å²) in [5, 5.41) is 25.9. The average molecular weight is 390 g/mol. The molecule has 3 rings (SSSR count). The maximum absolute atomic E-state index is 13.0. The SMILES string of the molecule is O=C(/C(=N\Nc1ccccc1)c1ccc([N+](=O)[O-])cc1)c1ccc([N+](=O)[O-])cc1. The fraction of sp³-hybridized carbons (Fsp3) is 0. The Labute approximate surface area is 164 Å². The van der Waals surface area contributed by atoms with Crippen molar-refractivity contribution in [3.63, 3.8) is 0 Å². The van der Waals surface area contributed by atoms with Crippen molar-refractivity contribution in [1.82, 2.24) is 0 Å². The largest absolute Gasteiger partial charge is 0.287 e. The number of carbonyl (C=O) groups is 1. The van der Waals surface area contributed by atoms with Gasteiger partial charge in [-0.05, 0) is 36.4 Å². The van der Waals surface area contributed by atoms with Crippen LogP contribution in [0.2, 0.25) is 0 Å². The quantitative estimate of drug-likeness (QED) is 0.279. The van der Waals surface area contributed by atoms with E-state index in [4.69, 9.17) is 0 Å². The molecule has 0 radical (unpaired) electrons. The van der Waals surface area contributed by atoms with Gasteiger partial charge < -0.3 is 0 Å². The number of ketones is 1.